The molecule has 0 atom stereocenters. The molecule has 0 aliphatic rings. The van der Waals surface area contributed by atoms with Crippen molar-refractivity contribution in [3.63, 3.8) is 0 Å². The van der Waals surface area contributed by atoms with E-state index in [0.717, 1.165) is 31.6 Å². The summed E-state index contributed by atoms with van der Waals surface area (Å²) in [4.78, 5) is 10.6. The number of aliphatic carboxylic acids is 1. The third-order valence-electron chi connectivity index (χ3n) is 4.51. The Labute approximate surface area is 158 Å². The highest BCUT2D eigenvalue weighted by atomic mass is 16.5. The summed E-state index contributed by atoms with van der Waals surface area (Å²) in [5.74, 6) is -0.228. The summed E-state index contributed by atoms with van der Waals surface area (Å²) >= 11 is 0. The molecule has 4 nitrogen and oxygen atoms in total. The molecule has 0 aliphatic heterocycles. The van der Waals surface area contributed by atoms with Gasteiger partial charge in [-0.3, -0.25) is 0 Å². The minimum absolute atomic E-state index is 0.275. The van der Waals surface area contributed by atoms with E-state index in [-0.39, 0.29) is 6.61 Å². The summed E-state index contributed by atoms with van der Waals surface area (Å²) in [5.41, 5.74) is 1.11. The quantitative estimate of drug-likeness (QED) is 0.364. The van der Waals surface area contributed by atoms with Crippen molar-refractivity contribution in [3.05, 3.63) is 29.8 Å². The first-order chi connectivity index (χ1) is 12.7. The molecule has 4 heteroatoms. The Kier molecular flexibility index (Phi) is 13.6. The highest BCUT2D eigenvalue weighted by Crippen LogP contribution is 2.21. The van der Waals surface area contributed by atoms with Crippen LogP contribution in [-0.4, -0.2) is 30.9 Å². The van der Waals surface area contributed by atoms with Crippen LogP contribution in [0, 0.1) is 0 Å². The van der Waals surface area contributed by atoms with Gasteiger partial charge in [-0.15, -0.1) is 0 Å². The first-order valence-electron chi connectivity index (χ1n) is 10.2. The van der Waals surface area contributed by atoms with E-state index < -0.39 is 5.97 Å². The predicted octanol–water partition coefficient (Wildman–Crippen LogP) is 5.63. The summed E-state index contributed by atoms with van der Waals surface area (Å²) in [5, 5.41) is 8.73. The normalized spacial score (nSPS) is 10.8. The fourth-order valence-corrected chi connectivity index (χ4v) is 3.07. The number of carboxylic acid groups (broad SMARTS) is 1. The molecule has 0 aromatic heterocycles. The van der Waals surface area contributed by atoms with Crippen LogP contribution in [0.4, 0.5) is 0 Å². The molecule has 1 aromatic carbocycles. The zero-order valence-corrected chi connectivity index (χ0v) is 16.4. The summed E-state index contributed by atoms with van der Waals surface area (Å²) < 4.78 is 10.7. The fraction of sp³-hybridized carbons (Fsp3) is 0.682. The van der Waals surface area contributed by atoms with Crippen molar-refractivity contribution >= 4 is 5.97 Å². The molecule has 148 valence electrons. The number of aryl methyl sites for hydroxylation is 1. The number of unbranched alkanes of at least 4 members (excludes halogenated alkanes) is 9. The molecule has 0 radical (unpaired) electrons. The number of hydrogen-bond donors (Lipinski definition) is 1. The van der Waals surface area contributed by atoms with Crippen LogP contribution in [0.15, 0.2) is 24.3 Å². The van der Waals surface area contributed by atoms with E-state index in [1.807, 2.05) is 31.2 Å². The first-order valence-corrected chi connectivity index (χ1v) is 10.2. The van der Waals surface area contributed by atoms with Gasteiger partial charge < -0.3 is 14.6 Å². The van der Waals surface area contributed by atoms with Gasteiger partial charge in [0.2, 0.25) is 0 Å². The van der Waals surface area contributed by atoms with Crippen molar-refractivity contribution in [3.8, 4) is 5.75 Å². The highest BCUT2D eigenvalue weighted by Gasteiger charge is 2.05. The number of ether oxygens (including phenoxy) is 2. The van der Waals surface area contributed by atoms with Crippen molar-refractivity contribution < 1.29 is 19.4 Å². The lowest BCUT2D eigenvalue weighted by Gasteiger charge is -2.09. The number of hydrogen-bond acceptors (Lipinski definition) is 3. The van der Waals surface area contributed by atoms with Crippen LogP contribution in [-0.2, 0) is 16.0 Å². The number of carbonyl (C=O) groups is 1. The Morgan fingerprint density at radius 2 is 1.46 bits per heavy atom. The molecule has 0 unspecified atom stereocenters. The van der Waals surface area contributed by atoms with Gasteiger partial charge in [0, 0.05) is 13.2 Å². The summed E-state index contributed by atoms with van der Waals surface area (Å²) in [6, 6.07) is 7.75. The molecular weight excluding hydrogens is 328 g/mol. The van der Waals surface area contributed by atoms with Gasteiger partial charge in [-0.1, -0.05) is 69.6 Å². The van der Waals surface area contributed by atoms with Gasteiger partial charge in [0.1, 0.15) is 5.75 Å². The Bertz CT molecular complexity index is 473. The minimum atomic E-state index is -0.936. The van der Waals surface area contributed by atoms with Gasteiger partial charge in [-0.05, 0) is 37.8 Å². The molecule has 0 bridgehead atoms. The summed E-state index contributed by atoms with van der Waals surface area (Å²) in [6.45, 7) is 3.52. The number of carboxylic acids is 1. The van der Waals surface area contributed by atoms with Crippen LogP contribution in [0.3, 0.4) is 0 Å². The second kappa shape index (κ2) is 15.7. The van der Waals surface area contributed by atoms with E-state index >= 15 is 0 Å². The van der Waals surface area contributed by atoms with Gasteiger partial charge in [0.05, 0.1) is 0 Å². The molecule has 1 N–H and O–H groups in total. The molecule has 0 fully saturated rings. The smallest absolute Gasteiger partial charge is 0.341 e. The first kappa shape index (κ1) is 22.5. The van der Waals surface area contributed by atoms with E-state index in [9.17, 15) is 4.79 Å². The zero-order valence-electron chi connectivity index (χ0n) is 16.4. The Morgan fingerprint density at radius 3 is 2.08 bits per heavy atom. The van der Waals surface area contributed by atoms with Crippen LogP contribution in [0.1, 0.15) is 76.7 Å². The van der Waals surface area contributed by atoms with E-state index in [2.05, 4.69) is 0 Å². The minimum Gasteiger partial charge on any atom is -0.482 e. The SMILES string of the molecule is CCOCCCCCCCCCCCCc1ccccc1OCC(=O)O. The van der Waals surface area contributed by atoms with E-state index in [4.69, 9.17) is 14.6 Å². The molecule has 0 saturated heterocycles. The van der Waals surface area contributed by atoms with Gasteiger partial charge >= 0.3 is 5.97 Å². The summed E-state index contributed by atoms with van der Waals surface area (Å²) in [6.07, 6.45) is 13.8. The van der Waals surface area contributed by atoms with Gasteiger partial charge in [0.15, 0.2) is 6.61 Å². The number of rotatable bonds is 17. The predicted molar refractivity (Wildman–Crippen MR) is 106 cm³/mol. The second-order valence-electron chi connectivity index (χ2n) is 6.77. The average molecular weight is 365 g/mol. The van der Waals surface area contributed by atoms with Crippen molar-refractivity contribution in [2.75, 3.05) is 19.8 Å². The van der Waals surface area contributed by atoms with Crippen LogP contribution in [0.25, 0.3) is 0 Å². The molecule has 0 saturated carbocycles. The van der Waals surface area contributed by atoms with Crippen LogP contribution in [0.2, 0.25) is 0 Å². The molecule has 1 aromatic rings. The maximum Gasteiger partial charge on any atom is 0.341 e. The monoisotopic (exact) mass is 364 g/mol. The molecule has 0 amide bonds. The van der Waals surface area contributed by atoms with Crippen molar-refractivity contribution in [1.82, 2.24) is 0 Å². The van der Waals surface area contributed by atoms with Crippen molar-refractivity contribution in [2.24, 2.45) is 0 Å². The van der Waals surface area contributed by atoms with E-state index in [1.165, 1.54) is 57.8 Å². The Hall–Kier alpha value is -1.55. The van der Waals surface area contributed by atoms with E-state index in [1.54, 1.807) is 0 Å². The molecule has 26 heavy (non-hydrogen) atoms. The molecule has 1 rings (SSSR count). The number of para-hydroxylation sites is 1. The van der Waals surface area contributed by atoms with Gasteiger partial charge in [0.25, 0.3) is 0 Å². The van der Waals surface area contributed by atoms with Crippen LogP contribution in [0.5, 0.6) is 5.75 Å². The molecule has 0 heterocycles. The number of benzene rings is 1. The van der Waals surface area contributed by atoms with Crippen LogP contribution >= 0.6 is 0 Å². The average Bonchev–Trinajstić information content (AvgIpc) is 2.64. The lowest BCUT2D eigenvalue weighted by molar-refractivity contribution is -0.139. The maximum absolute atomic E-state index is 10.6. The third-order valence-corrected chi connectivity index (χ3v) is 4.51. The molecule has 0 spiro atoms. The summed E-state index contributed by atoms with van der Waals surface area (Å²) in [7, 11) is 0. The zero-order chi connectivity index (χ0) is 18.9. The third kappa shape index (κ3) is 11.9. The fourth-order valence-electron chi connectivity index (χ4n) is 3.07. The van der Waals surface area contributed by atoms with Gasteiger partial charge in [-0.2, -0.15) is 0 Å². The van der Waals surface area contributed by atoms with Crippen LogP contribution < -0.4 is 4.74 Å². The highest BCUT2D eigenvalue weighted by molar-refractivity contribution is 5.68. The Balaban J connectivity index is 1.98. The molecular formula is C22H36O4. The largest absolute Gasteiger partial charge is 0.482 e. The topological polar surface area (TPSA) is 55.8 Å². The lowest BCUT2D eigenvalue weighted by Crippen LogP contribution is -2.10. The van der Waals surface area contributed by atoms with E-state index in [0.29, 0.717) is 5.75 Å². The molecule has 0 aliphatic carbocycles. The lowest BCUT2D eigenvalue weighted by atomic mass is 10.0. The Morgan fingerprint density at radius 1 is 0.885 bits per heavy atom. The maximum atomic E-state index is 10.6. The standard InChI is InChI=1S/C22H36O4/c1-2-25-18-14-10-8-6-4-3-5-7-9-11-15-20-16-12-13-17-21(20)26-19-22(23)24/h12-13,16-17H,2-11,14-15,18-19H2,1H3,(H,23,24). The van der Waals surface area contributed by atoms with Crippen molar-refractivity contribution in [2.45, 2.75) is 77.6 Å². The van der Waals surface area contributed by atoms with Gasteiger partial charge in [-0.25, -0.2) is 4.79 Å². The van der Waals surface area contributed by atoms with Crippen molar-refractivity contribution in [1.29, 1.82) is 0 Å². The second-order valence-corrected chi connectivity index (χ2v) is 6.77.